The number of aryl methyl sites for hydroxylation is 1. The summed E-state index contributed by atoms with van der Waals surface area (Å²) in [5.41, 5.74) is 0.479. The van der Waals surface area contributed by atoms with Crippen LogP contribution in [0.4, 0.5) is 0 Å². The molecule has 0 amide bonds. The van der Waals surface area contributed by atoms with Crippen LogP contribution >= 0.6 is 0 Å². The maximum atomic E-state index is 9.94. The van der Waals surface area contributed by atoms with Crippen LogP contribution in [-0.4, -0.2) is 15.8 Å². The molecule has 0 aliphatic rings. The van der Waals surface area contributed by atoms with E-state index in [2.05, 4.69) is 4.98 Å². The molecule has 3 heteroatoms. The summed E-state index contributed by atoms with van der Waals surface area (Å²) in [6.45, 7) is 8.00. The highest BCUT2D eigenvalue weighted by molar-refractivity contribution is 5.70. The van der Waals surface area contributed by atoms with Crippen LogP contribution in [0.2, 0.25) is 0 Å². The maximum absolute atomic E-state index is 9.94. The first-order valence-electron chi connectivity index (χ1n) is 4.26. The number of carbonyl (C=O) groups is 1. The van der Waals surface area contributed by atoms with Crippen LogP contribution in [0.3, 0.4) is 0 Å². The molecule has 12 heavy (non-hydrogen) atoms. The molecule has 0 radical (unpaired) electrons. The Kier molecular flexibility index (Phi) is 11.1. The van der Waals surface area contributed by atoms with Gasteiger partial charge in [0.15, 0.2) is 6.29 Å². The fourth-order valence-corrected chi connectivity index (χ4v) is 0.494. The van der Waals surface area contributed by atoms with E-state index in [9.17, 15) is 4.79 Å². The van der Waals surface area contributed by atoms with Gasteiger partial charge in [0.1, 0.15) is 5.69 Å². The lowest BCUT2D eigenvalue weighted by Crippen LogP contribution is -1.78. The first kappa shape index (κ1) is 13.5. The topological polar surface area (TPSA) is 34.9 Å². The zero-order valence-corrected chi connectivity index (χ0v) is 8.53. The van der Waals surface area contributed by atoms with Gasteiger partial charge in [0.05, 0.1) is 6.33 Å². The van der Waals surface area contributed by atoms with Crippen LogP contribution in [0.25, 0.3) is 0 Å². The number of hydrogen-bond donors (Lipinski definition) is 0. The third-order valence-corrected chi connectivity index (χ3v) is 0.846. The highest BCUT2D eigenvalue weighted by Gasteiger charge is 1.88. The maximum Gasteiger partial charge on any atom is 0.169 e. The van der Waals surface area contributed by atoms with Crippen LogP contribution in [-0.2, 0) is 7.05 Å². The second-order valence-electron chi connectivity index (χ2n) is 1.58. The fraction of sp³-hybridized carbons (Fsp3) is 0.556. The Hall–Kier alpha value is -1.12. The van der Waals surface area contributed by atoms with Gasteiger partial charge in [-0.3, -0.25) is 4.79 Å². The molecule has 0 saturated heterocycles. The molecule has 1 aromatic heterocycles. The van der Waals surface area contributed by atoms with E-state index in [1.165, 1.54) is 0 Å². The van der Waals surface area contributed by atoms with Crippen molar-refractivity contribution >= 4 is 6.29 Å². The molecular weight excluding hydrogens is 152 g/mol. The highest BCUT2D eigenvalue weighted by atomic mass is 16.1. The van der Waals surface area contributed by atoms with Crippen LogP contribution in [0.1, 0.15) is 38.2 Å². The predicted octanol–water partition coefficient (Wildman–Crippen LogP) is 2.29. The molecule has 70 valence electrons. The molecule has 3 nitrogen and oxygen atoms in total. The van der Waals surface area contributed by atoms with Gasteiger partial charge in [0, 0.05) is 13.2 Å². The Labute approximate surface area is 74.4 Å². The number of aldehydes is 1. The Morgan fingerprint density at radius 1 is 1.33 bits per heavy atom. The minimum atomic E-state index is 0.479. The summed E-state index contributed by atoms with van der Waals surface area (Å²) in [5, 5.41) is 0. The van der Waals surface area contributed by atoms with Crippen molar-refractivity contribution < 1.29 is 4.79 Å². The van der Waals surface area contributed by atoms with Crippen molar-refractivity contribution in [3.8, 4) is 0 Å². The molecule has 0 unspecified atom stereocenters. The summed E-state index contributed by atoms with van der Waals surface area (Å²) in [5.74, 6) is 0. The Bertz CT molecular complexity index is 194. The summed E-state index contributed by atoms with van der Waals surface area (Å²) >= 11 is 0. The van der Waals surface area contributed by atoms with E-state index >= 15 is 0 Å². The molecule has 0 aliphatic carbocycles. The van der Waals surface area contributed by atoms with Crippen molar-refractivity contribution in [3.05, 3.63) is 18.2 Å². The minimum absolute atomic E-state index is 0.479. The Morgan fingerprint density at radius 2 is 1.83 bits per heavy atom. The molecular formula is C9H18N2O. The zero-order chi connectivity index (χ0) is 9.98. The molecule has 0 aliphatic heterocycles. The van der Waals surface area contributed by atoms with Crippen molar-refractivity contribution in [3.63, 3.8) is 0 Å². The zero-order valence-electron chi connectivity index (χ0n) is 8.53. The highest BCUT2D eigenvalue weighted by Crippen LogP contribution is 1.86. The van der Waals surface area contributed by atoms with Gasteiger partial charge in [-0.25, -0.2) is 4.98 Å². The van der Waals surface area contributed by atoms with E-state index in [1.807, 2.05) is 34.7 Å². The van der Waals surface area contributed by atoms with E-state index in [0.29, 0.717) is 5.69 Å². The number of aromatic nitrogens is 2. The number of imidazole rings is 1. The van der Waals surface area contributed by atoms with Crippen molar-refractivity contribution in [2.45, 2.75) is 27.7 Å². The van der Waals surface area contributed by atoms with Crippen molar-refractivity contribution in [2.75, 3.05) is 0 Å². The van der Waals surface area contributed by atoms with E-state index < -0.39 is 0 Å². The van der Waals surface area contributed by atoms with E-state index in [1.54, 1.807) is 17.1 Å². The van der Waals surface area contributed by atoms with Crippen molar-refractivity contribution in [1.29, 1.82) is 0 Å². The molecule has 0 saturated carbocycles. The molecule has 0 aromatic carbocycles. The van der Waals surface area contributed by atoms with Crippen LogP contribution in [0.5, 0.6) is 0 Å². The van der Waals surface area contributed by atoms with Crippen LogP contribution in [0.15, 0.2) is 12.5 Å². The van der Waals surface area contributed by atoms with E-state index in [4.69, 9.17) is 0 Å². The van der Waals surface area contributed by atoms with Gasteiger partial charge in [-0.05, 0) is 0 Å². The molecule has 1 heterocycles. The van der Waals surface area contributed by atoms with E-state index in [0.717, 1.165) is 6.29 Å². The lowest BCUT2D eigenvalue weighted by atomic mass is 10.5. The molecule has 0 N–H and O–H groups in total. The summed E-state index contributed by atoms with van der Waals surface area (Å²) in [7, 11) is 1.82. The molecule has 1 rings (SSSR count). The van der Waals surface area contributed by atoms with E-state index in [-0.39, 0.29) is 0 Å². The van der Waals surface area contributed by atoms with Gasteiger partial charge in [-0.1, -0.05) is 27.7 Å². The summed E-state index contributed by atoms with van der Waals surface area (Å²) in [6, 6.07) is 0. The Balaban J connectivity index is 0. The predicted molar refractivity (Wildman–Crippen MR) is 51.3 cm³/mol. The van der Waals surface area contributed by atoms with Crippen LogP contribution in [0, 0.1) is 0 Å². The van der Waals surface area contributed by atoms with Gasteiger partial charge < -0.3 is 4.57 Å². The molecule has 0 bridgehead atoms. The first-order chi connectivity index (χ1) is 5.83. The third kappa shape index (κ3) is 5.65. The van der Waals surface area contributed by atoms with Crippen molar-refractivity contribution in [2.24, 2.45) is 7.05 Å². The first-order valence-corrected chi connectivity index (χ1v) is 4.26. The van der Waals surface area contributed by atoms with Gasteiger partial charge >= 0.3 is 0 Å². The second kappa shape index (κ2) is 9.88. The van der Waals surface area contributed by atoms with Crippen LogP contribution < -0.4 is 0 Å². The Morgan fingerprint density at radius 3 is 2.00 bits per heavy atom. The molecule has 0 spiro atoms. The monoisotopic (exact) mass is 170 g/mol. The fourth-order valence-electron chi connectivity index (χ4n) is 0.494. The van der Waals surface area contributed by atoms with Gasteiger partial charge in [-0.15, -0.1) is 0 Å². The number of hydrogen-bond acceptors (Lipinski definition) is 2. The second-order valence-corrected chi connectivity index (χ2v) is 1.58. The quantitative estimate of drug-likeness (QED) is 0.606. The molecule has 0 atom stereocenters. The summed E-state index contributed by atoms with van der Waals surface area (Å²) in [6.07, 6.45) is 3.97. The third-order valence-electron chi connectivity index (χ3n) is 0.846. The van der Waals surface area contributed by atoms with Gasteiger partial charge in [0.2, 0.25) is 0 Å². The normalized spacial score (nSPS) is 7.08. The average Bonchev–Trinajstić information content (AvgIpc) is 2.58. The lowest BCUT2D eigenvalue weighted by molar-refractivity contribution is 0.111. The summed E-state index contributed by atoms with van der Waals surface area (Å²) < 4.78 is 1.73. The standard InChI is InChI=1S/C5H6N2O.2C2H6/c1-7-2-5(3-8)6-4-7;2*1-2/h2-4H,1H3;2*1-2H3. The smallest absolute Gasteiger partial charge is 0.169 e. The summed E-state index contributed by atoms with van der Waals surface area (Å²) in [4.78, 5) is 13.7. The lowest BCUT2D eigenvalue weighted by Gasteiger charge is -1.77. The minimum Gasteiger partial charge on any atom is -0.340 e. The SMILES string of the molecule is CC.CC.Cn1cnc(C=O)c1. The number of nitrogens with zero attached hydrogens (tertiary/aromatic N) is 2. The number of rotatable bonds is 1. The molecule has 0 fully saturated rings. The van der Waals surface area contributed by atoms with Crippen molar-refractivity contribution in [1.82, 2.24) is 9.55 Å². The molecule has 1 aromatic rings. The van der Waals surface area contributed by atoms with Gasteiger partial charge in [0.25, 0.3) is 0 Å². The van der Waals surface area contributed by atoms with Gasteiger partial charge in [-0.2, -0.15) is 0 Å². The number of carbonyl (C=O) groups excluding carboxylic acids is 1. The average molecular weight is 170 g/mol. The largest absolute Gasteiger partial charge is 0.340 e.